The summed E-state index contributed by atoms with van der Waals surface area (Å²) in [6.07, 6.45) is 3.69. The number of anilines is 2. The Morgan fingerprint density at radius 2 is 1.68 bits per heavy atom. The number of pyridine rings is 1. The maximum absolute atomic E-state index is 5.53. The molecule has 3 rings (SSSR count). The normalized spacial score (nSPS) is 10.2. The van der Waals surface area contributed by atoms with E-state index in [-0.39, 0.29) is 0 Å². The molecule has 110 valence electrons. The zero-order valence-electron chi connectivity index (χ0n) is 12.5. The van der Waals surface area contributed by atoms with Crippen LogP contribution in [0.5, 0.6) is 5.75 Å². The van der Waals surface area contributed by atoms with Gasteiger partial charge in [0.25, 0.3) is 0 Å². The minimum atomic E-state index is 0.734. The molecule has 0 unspecified atom stereocenters. The molecule has 0 amide bonds. The second-order valence-corrected chi connectivity index (χ2v) is 4.95. The lowest BCUT2D eigenvalue weighted by Crippen LogP contribution is -2.17. The molecule has 3 nitrogen and oxygen atoms in total. The molecule has 0 bridgehead atoms. The molecule has 0 spiro atoms. The molecule has 3 aromatic rings. The molecular weight excluding hydrogens is 272 g/mol. The lowest BCUT2D eigenvalue weighted by Gasteiger charge is -2.26. The summed E-state index contributed by atoms with van der Waals surface area (Å²) in [6.45, 7) is 0.734. The Balaban J connectivity index is 2.03. The molecule has 0 atom stereocenters. The van der Waals surface area contributed by atoms with Gasteiger partial charge in [-0.25, -0.2) is 0 Å². The molecule has 3 heteroatoms. The summed E-state index contributed by atoms with van der Waals surface area (Å²) in [7, 11) is 1.70. The van der Waals surface area contributed by atoms with Crippen molar-refractivity contribution in [2.24, 2.45) is 0 Å². The fourth-order valence-electron chi connectivity index (χ4n) is 2.45. The van der Waals surface area contributed by atoms with Crippen molar-refractivity contribution in [3.63, 3.8) is 0 Å². The fourth-order valence-corrected chi connectivity index (χ4v) is 2.45. The maximum Gasteiger partial charge on any atom is 0.142 e. The molecule has 0 aliphatic rings. The summed E-state index contributed by atoms with van der Waals surface area (Å²) in [5, 5.41) is 0. The topological polar surface area (TPSA) is 25.4 Å². The van der Waals surface area contributed by atoms with Gasteiger partial charge in [0.15, 0.2) is 0 Å². The first-order valence-electron chi connectivity index (χ1n) is 7.23. The largest absolute Gasteiger partial charge is 0.495 e. The van der Waals surface area contributed by atoms with E-state index in [1.54, 1.807) is 13.3 Å². The standard InChI is InChI=1S/C19H18N2O/c1-22-19-12-6-5-11-18(19)21(17-9-3-2-4-10-17)15-16-8-7-13-20-14-16/h2-14H,15H2,1H3. The third-order valence-corrected chi connectivity index (χ3v) is 3.51. The molecule has 1 heterocycles. The molecule has 2 aromatic carbocycles. The zero-order chi connectivity index (χ0) is 15.2. The average Bonchev–Trinajstić information content (AvgIpc) is 2.61. The highest BCUT2D eigenvalue weighted by atomic mass is 16.5. The highest BCUT2D eigenvalue weighted by molar-refractivity contribution is 5.69. The number of ether oxygens (including phenoxy) is 1. The second kappa shape index (κ2) is 6.76. The van der Waals surface area contributed by atoms with Gasteiger partial charge in [0, 0.05) is 24.6 Å². The summed E-state index contributed by atoms with van der Waals surface area (Å²) >= 11 is 0. The Bertz CT molecular complexity index is 714. The van der Waals surface area contributed by atoms with Gasteiger partial charge in [-0.15, -0.1) is 0 Å². The van der Waals surface area contributed by atoms with Crippen molar-refractivity contribution in [3.8, 4) is 5.75 Å². The molecule has 0 radical (unpaired) electrons. The SMILES string of the molecule is COc1ccccc1N(Cc1cccnc1)c1ccccc1. The van der Waals surface area contributed by atoms with Crippen LogP contribution in [0.15, 0.2) is 79.1 Å². The molecule has 0 saturated heterocycles. The van der Waals surface area contributed by atoms with Gasteiger partial charge in [0.1, 0.15) is 5.75 Å². The van der Waals surface area contributed by atoms with Gasteiger partial charge in [-0.3, -0.25) is 4.98 Å². The summed E-state index contributed by atoms with van der Waals surface area (Å²) in [5.41, 5.74) is 3.31. The number of para-hydroxylation sites is 3. The van der Waals surface area contributed by atoms with Crippen LogP contribution in [0.1, 0.15) is 5.56 Å². The predicted octanol–water partition coefficient (Wildman–Crippen LogP) is 4.43. The van der Waals surface area contributed by atoms with Gasteiger partial charge in [-0.2, -0.15) is 0 Å². The van der Waals surface area contributed by atoms with Gasteiger partial charge >= 0.3 is 0 Å². The van der Waals surface area contributed by atoms with Crippen molar-refractivity contribution in [3.05, 3.63) is 84.7 Å². The van der Waals surface area contributed by atoms with Crippen molar-refractivity contribution >= 4 is 11.4 Å². The molecule has 0 aliphatic carbocycles. The minimum absolute atomic E-state index is 0.734. The number of benzene rings is 2. The molecule has 0 saturated carbocycles. The van der Waals surface area contributed by atoms with Gasteiger partial charge < -0.3 is 9.64 Å². The number of methoxy groups -OCH3 is 1. The van der Waals surface area contributed by atoms with Crippen LogP contribution < -0.4 is 9.64 Å². The smallest absolute Gasteiger partial charge is 0.142 e. The van der Waals surface area contributed by atoms with Crippen LogP contribution in [0.3, 0.4) is 0 Å². The first-order valence-corrected chi connectivity index (χ1v) is 7.23. The van der Waals surface area contributed by atoms with Crippen LogP contribution in [0.2, 0.25) is 0 Å². The predicted molar refractivity (Wildman–Crippen MR) is 89.5 cm³/mol. The average molecular weight is 290 g/mol. The van der Waals surface area contributed by atoms with Crippen molar-refractivity contribution in [2.45, 2.75) is 6.54 Å². The fraction of sp³-hybridized carbons (Fsp3) is 0.105. The Labute approximate surface area is 130 Å². The van der Waals surface area contributed by atoms with E-state index in [1.165, 1.54) is 0 Å². The molecule has 0 N–H and O–H groups in total. The van der Waals surface area contributed by atoms with Crippen LogP contribution in [0, 0.1) is 0 Å². The van der Waals surface area contributed by atoms with E-state index in [1.807, 2.05) is 48.7 Å². The van der Waals surface area contributed by atoms with Crippen LogP contribution in [0.25, 0.3) is 0 Å². The van der Waals surface area contributed by atoms with E-state index in [2.05, 4.69) is 34.1 Å². The van der Waals surface area contributed by atoms with E-state index in [0.29, 0.717) is 0 Å². The van der Waals surface area contributed by atoms with E-state index >= 15 is 0 Å². The number of nitrogens with zero attached hydrogens (tertiary/aromatic N) is 2. The first-order chi connectivity index (χ1) is 10.9. The maximum atomic E-state index is 5.53. The number of rotatable bonds is 5. The van der Waals surface area contributed by atoms with E-state index in [0.717, 1.165) is 29.2 Å². The van der Waals surface area contributed by atoms with Gasteiger partial charge in [0.2, 0.25) is 0 Å². The van der Waals surface area contributed by atoms with Crippen molar-refractivity contribution in [1.82, 2.24) is 4.98 Å². The Kier molecular flexibility index (Phi) is 4.35. The van der Waals surface area contributed by atoms with Crippen LogP contribution >= 0.6 is 0 Å². The Morgan fingerprint density at radius 1 is 0.909 bits per heavy atom. The molecule has 0 aliphatic heterocycles. The summed E-state index contributed by atoms with van der Waals surface area (Å²) in [4.78, 5) is 6.44. The summed E-state index contributed by atoms with van der Waals surface area (Å²) < 4.78 is 5.53. The summed E-state index contributed by atoms with van der Waals surface area (Å²) in [6, 6.07) is 22.4. The van der Waals surface area contributed by atoms with Crippen molar-refractivity contribution in [2.75, 3.05) is 12.0 Å². The second-order valence-electron chi connectivity index (χ2n) is 4.95. The van der Waals surface area contributed by atoms with Gasteiger partial charge in [-0.1, -0.05) is 36.4 Å². The molecule has 1 aromatic heterocycles. The minimum Gasteiger partial charge on any atom is -0.495 e. The van der Waals surface area contributed by atoms with E-state index in [9.17, 15) is 0 Å². The van der Waals surface area contributed by atoms with Crippen molar-refractivity contribution in [1.29, 1.82) is 0 Å². The van der Waals surface area contributed by atoms with Gasteiger partial charge in [0.05, 0.1) is 12.8 Å². The quantitative estimate of drug-likeness (QED) is 0.695. The van der Waals surface area contributed by atoms with Gasteiger partial charge in [-0.05, 0) is 35.9 Å². The molecular formula is C19H18N2O. The van der Waals surface area contributed by atoms with E-state index < -0.39 is 0 Å². The zero-order valence-corrected chi connectivity index (χ0v) is 12.5. The van der Waals surface area contributed by atoms with Crippen LogP contribution in [-0.4, -0.2) is 12.1 Å². The molecule has 22 heavy (non-hydrogen) atoms. The monoisotopic (exact) mass is 290 g/mol. The van der Waals surface area contributed by atoms with Crippen LogP contribution in [-0.2, 0) is 6.54 Å². The Hall–Kier alpha value is -2.81. The third-order valence-electron chi connectivity index (χ3n) is 3.51. The number of aromatic nitrogens is 1. The van der Waals surface area contributed by atoms with E-state index in [4.69, 9.17) is 4.74 Å². The summed E-state index contributed by atoms with van der Waals surface area (Å²) in [5.74, 6) is 0.857. The van der Waals surface area contributed by atoms with Crippen molar-refractivity contribution < 1.29 is 4.74 Å². The number of hydrogen-bond acceptors (Lipinski definition) is 3. The third kappa shape index (κ3) is 3.09. The first kappa shape index (κ1) is 14.1. The number of hydrogen-bond donors (Lipinski definition) is 0. The highest BCUT2D eigenvalue weighted by Crippen LogP contribution is 2.34. The Morgan fingerprint density at radius 3 is 2.41 bits per heavy atom. The lowest BCUT2D eigenvalue weighted by molar-refractivity contribution is 0.415. The molecule has 0 fully saturated rings. The lowest BCUT2D eigenvalue weighted by atomic mass is 10.2. The van der Waals surface area contributed by atoms with Crippen LogP contribution in [0.4, 0.5) is 11.4 Å². The highest BCUT2D eigenvalue weighted by Gasteiger charge is 2.14.